The molecule has 0 saturated heterocycles. The molecule has 2 N–H and O–H groups in total. The molecule has 0 bridgehead atoms. The molecule has 1 aromatic heterocycles. The van der Waals surface area contributed by atoms with E-state index < -0.39 is 21.7 Å². The van der Waals surface area contributed by atoms with Crippen LogP contribution in [0.4, 0.5) is 10.1 Å². The molecule has 1 aliphatic rings. The maximum atomic E-state index is 13.1. The molecule has 1 aliphatic carbocycles. The Kier molecular flexibility index (Phi) is 6.47. The van der Waals surface area contributed by atoms with Gasteiger partial charge in [-0.05, 0) is 56.2 Å². The number of hydrogen-bond acceptors (Lipinski definition) is 5. The minimum atomic E-state index is -3.99. The van der Waals surface area contributed by atoms with Gasteiger partial charge in [0.05, 0.1) is 26.3 Å². The summed E-state index contributed by atoms with van der Waals surface area (Å²) < 4.78 is 43.9. The molecule has 0 fully saturated rings. The molecule has 11 heteroatoms. The lowest BCUT2D eigenvalue weighted by Crippen LogP contribution is -2.22. The molecular weight excluding hydrogens is 492 g/mol. The molecule has 0 spiro atoms. The van der Waals surface area contributed by atoms with Crippen molar-refractivity contribution < 1.29 is 22.0 Å². The van der Waals surface area contributed by atoms with Gasteiger partial charge < -0.3 is 9.73 Å². The van der Waals surface area contributed by atoms with Crippen LogP contribution in [0, 0.1) is 12.7 Å². The highest BCUT2D eigenvalue weighted by molar-refractivity contribution is 7.89. The van der Waals surface area contributed by atoms with Crippen molar-refractivity contribution in [2.45, 2.75) is 31.1 Å². The number of aryl methyl sites for hydroxylation is 1. The van der Waals surface area contributed by atoms with E-state index >= 15 is 0 Å². The monoisotopic (exact) mass is 509 g/mol. The average Bonchev–Trinajstić information content (AvgIpc) is 3.13. The van der Waals surface area contributed by atoms with Crippen molar-refractivity contribution in [3.05, 3.63) is 81.0 Å². The third-order valence-electron chi connectivity index (χ3n) is 5.16. The first-order valence-electron chi connectivity index (χ1n) is 9.89. The van der Waals surface area contributed by atoms with Crippen LogP contribution < -0.4 is 10.1 Å². The SMILES string of the molecule is Cc1c(C(=O)Nc2cccc(Cl)c2Cl)oc2c1/C(=N/NS(=O)(=O)c1ccc(F)cc1)CCC2. The van der Waals surface area contributed by atoms with Gasteiger partial charge >= 0.3 is 0 Å². The van der Waals surface area contributed by atoms with Crippen molar-refractivity contribution in [2.24, 2.45) is 5.10 Å². The molecule has 0 atom stereocenters. The van der Waals surface area contributed by atoms with Gasteiger partial charge in [0.15, 0.2) is 5.76 Å². The van der Waals surface area contributed by atoms with Crippen LogP contribution >= 0.6 is 23.2 Å². The Balaban J connectivity index is 1.61. The summed E-state index contributed by atoms with van der Waals surface area (Å²) in [6.45, 7) is 1.70. The molecule has 0 saturated carbocycles. The number of carbonyl (C=O) groups excluding carboxylic acids is 1. The number of hydrogen-bond donors (Lipinski definition) is 2. The summed E-state index contributed by atoms with van der Waals surface area (Å²) in [5.41, 5.74) is 1.90. The molecule has 2 aromatic carbocycles. The Morgan fingerprint density at radius 1 is 1.12 bits per heavy atom. The normalized spacial score (nSPS) is 14.7. The Labute approximate surface area is 199 Å². The number of nitrogens with one attached hydrogen (secondary N) is 2. The molecular formula is C22H18Cl2FN3O4S. The highest BCUT2D eigenvalue weighted by Crippen LogP contribution is 2.33. The predicted molar refractivity (Wildman–Crippen MR) is 124 cm³/mol. The van der Waals surface area contributed by atoms with Gasteiger partial charge in [-0.15, -0.1) is 0 Å². The molecule has 1 heterocycles. The largest absolute Gasteiger partial charge is 0.455 e. The van der Waals surface area contributed by atoms with E-state index in [4.69, 9.17) is 27.6 Å². The number of rotatable bonds is 5. The van der Waals surface area contributed by atoms with E-state index in [9.17, 15) is 17.6 Å². The average molecular weight is 510 g/mol. The lowest BCUT2D eigenvalue weighted by molar-refractivity contribution is 0.0994. The lowest BCUT2D eigenvalue weighted by Gasteiger charge is -2.14. The zero-order valence-electron chi connectivity index (χ0n) is 17.3. The predicted octanol–water partition coefficient (Wildman–Crippen LogP) is 5.31. The van der Waals surface area contributed by atoms with E-state index in [0.717, 1.165) is 24.3 Å². The number of halogens is 3. The number of carbonyl (C=O) groups is 1. The van der Waals surface area contributed by atoms with Gasteiger partial charge in [0.1, 0.15) is 11.6 Å². The number of amides is 1. The first kappa shape index (κ1) is 23.3. The fourth-order valence-corrected chi connectivity index (χ4v) is 4.74. The third kappa shape index (κ3) is 4.75. The Morgan fingerprint density at radius 3 is 2.58 bits per heavy atom. The maximum Gasteiger partial charge on any atom is 0.291 e. The number of benzene rings is 2. The van der Waals surface area contributed by atoms with Gasteiger partial charge in [-0.2, -0.15) is 18.4 Å². The number of sulfonamides is 1. The number of hydrazone groups is 1. The van der Waals surface area contributed by atoms with Gasteiger partial charge in [0, 0.05) is 17.5 Å². The number of anilines is 1. The van der Waals surface area contributed by atoms with E-state index in [2.05, 4.69) is 15.2 Å². The molecule has 33 heavy (non-hydrogen) atoms. The van der Waals surface area contributed by atoms with E-state index in [-0.39, 0.29) is 15.7 Å². The summed E-state index contributed by atoms with van der Waals surface area (Å²) in [6.07, 6.45) is 1.73. The van der Waals surface area contributed by atoms with Gasteiger partial charge in [0.25, 0.3) is 15.9 Å². The van der Waals surface area contributed by atoms with Crippen LogP contribution in [0.5, 0.6) is 0 Å². The van der Waals surface area contributed by atoms with Crippen molar-refractivity contribution >= 4 is 50.5 Å². The topological polar surface area (TPSA) is 101 Å². The van der Waals surface area contributed by atoms with Crippen molar-refractivity contribution in [1.29, 1.82) is 0 Å². The third-order valence-corrected chi connectivity index (χ3v) is 7.20. The van der Waals surface area contributed by atoms with Crippen molar-refractivity contribution in [2.75, 3.05) is 5.32 Å². The summed E-state index contributed by atoms with van der Waals surface area (Å²) >= 11 is 12.2. The molecule has 0 aliphatic heterocycles. The molecule has 0 radical (unpaired) electrons. The highest BCUT2D eigenvalue weighted by Gasteiger charge is 2.29. The zero-order chi connectivity index (χ0) is 23.8. The summed E-state index contributed by atoms with van der Waals surface area (Å²) in [4.78, 5) is 14.9. The Hall–Kier alpha value is -2.88. The highest BCUT2D eigenvalue weighted by atomic mass is 35.5. The van der Waals surface area contributed by atoms with Gasteiger partial charge in [-0.3, -0.25) is 4.79 Å². The van der Waals surface area contributed by atoms with E-state index in [1.165, 1.54) is 0 Å². The first-order chi connectivity index (χ1) is 15.7. The molecule has 0 unspecified atom stereocenters. The molecule has 1 amide bonds. The Morgan fingerprint density at radius 2 is 1.85 bits per heavy atom. The maximum absolute atomic E-state index is 13.1. The van der Waals surface area contributed by atoms with Crippen molar-refractivity contribution in [3.63, 3.8) is 0 Å². The van der Waals surface area contributed by atoms with E-state index in [1.807, 2.05) is 0 Å². The Bertz CT molecular complexity index is 1370. The van der Waals surface area contributed by atoms with E-state index in [1.54, 1.807) is 25.1 Å². The van der Waals surface area contributed by atoms with Crippen LogP contribution in [0.25, 0.3) is 0 Å². The number of nitrogens with zero attached hydrogens (tertiary/aromatic N) is 1. The summed E-state index contributed by atoms with van der Waals surface area (Å²) in [5.74, 6) is -0.443. The smallest absolute Gasteiger partial charge is 0.291 e. The number of furan rings is 1. The van der Waals surface area contributed by atoms with Crippen LogP contribution in [0.2, 0.25) is 10.0 Å². The second-order valence-corrected chi connectivity index (χ2v) is 9.82. The summed E-state index contributed by atoms with van der Waals surface area (Å²) in [7, 11) is -3.99. The van der Waals surface area contributed by atoms with Crippen LogP contribution in [0.15, 0.2) is 56.9 Å². The van der Waals surface area contributed by atoms with Gasteiger partial charge in [0.2, 0.25) is 0 Å². The van der Waals surface area contributed by atoms with Gasteiger partial charge in [-0.1, -0.05) is 29.3 Å². The second kappa shape index (κ2) is 9.17. The van der Waals surface area contributed by atoms with Crippen LogP contribution in [-0.2, 0) is 16.4 Å². The first-order valence-corrected chi connectivity index (χ1v) is 12.1. The van der Waals surface area contributed by atoms with Crippen LogP contribution in [0.3, 0.4) is 0 Å². The minimum absolute atomic E-state index is 0.0760. The zero-order valence-corrected chi connectivity index (χ0v) is 19.6. The summed E-state index contributed by atoms with van der Waals surface area (Å²) in [5, 5.41) is 7.28. The fraction of sp³-hybridized carbons (Fsp3) is 0.182. The molecule has 3 aromatic rings. The minimum Gasteiger partial charge on any atom is -0.455 e. The van der Waals surface area contributed by atoms with Crippen molar-refractivity contribution in [3.8, 4) is 0 Å². The number of fused-ring (bicyclic) bond motifs is 1. The molecule has 172 valence electrons. The lowest BCUT2D eigenvalue weighted by atomic mass is 9.93. The standard InChI is InChI=1S/C22H18Cl2FN3O4S/c1-12-19-16(27-28-33(30,31)14-10-8-13(25)9-11-14)5-3-7-18(19)32-21(12)22(29)26-17-6-2-4-15(23)20(17)24/h2,4,6,8-11,28H,3,5,7H2,1H3,(H,26,29)/b27-16+. The van der Waals surface area contributed by atoms with Crippen LogP contribution in [-0.4, -0.2) is 20.0 Å². The second-order valence-electron chi connectivity index (χ2n) is 7.37. The van der Waals surface area contributed by atoms with Gasteiger partial charge in [-0.25, -0.2) is 4.39 Å². The van der Waals surface area contributed by atoms with Crippen LogP contribution in [0.1, 0.15) is 40.3 Å². The quantitative estimate of drug-likeness (QED) is 0.455. The van der Waals surface area contributed by atoms with E-state index in [0.29, 0.717) is 52.6 Å². The molecule has 7 nitrogen and oxygen atoms in total. The summed E-state index contributed by atoms with van der Waals surface area (Å²) in [6, 6.07) is 9.28. The van der Waals surface area contributed by atoms with Crippen molar-refractivity contribution in [1.82, 2.24) is 4.83 Å². The molecule has 4 rings (SSSR count). The fourth-order valence-electron chi connectivity index (χ4n) is 3.56.